The quantitative estimate of drug-likeness (QED) is 0.600. The first-order valence-corrected chi connectivity index (χ1v) is 10.7. The van der Waals surface area contributed by atoms with Gasteiger partial charge in [0.25, 0.3) is 0 Å². The lowest BCUT2D eigenvalue weighted by atomic mass is 10.0. The third-order valence-electron chi connectivity index (χ3n) is 4.67. The fraction of sp³-hybridized carbons (Fsp3) is 0.636. The Labute approximate surface area is 184 Å². The molecule has 2 rings (SSSR count). The number of hydrogen-bond acceptors (Lipinski definition) is 6. The van der Waals surface area contributed by atoms with Gasteiger partial charge in [0.05, 0.1) is 0 Å². The highest BCUT2D eigenvalue weighted by molar-refractivity contribution is 5.90. The van der Waals surface area contributed by atoms with Gasteiger partial charge in [0.15, 0.2) is 0 Å². The molecule has 0 bridgehead atoms. The Hall–Kier alpha value is -2.68. The molecule has 31 heavy (non-hydrogen) atoms. The molecular weight excluding hydrogens is 398 g/mol. The summed E-state index contributed by atoms with van der Waals surface area (Å²) in [5.74, 6) is -0.340. The van der Waals surface area contributed by atoms with Crippen LogP contribution in [0.15, 0.2) is 24.5 Å². The van der Waals surface area contributed by atoms with E-state index in [4.69, 9.17) is 4.74 Å². The number of carbonyl (C=O) groups excluding carboxylic acids is 3. The van der Waals surface area contributed by atoms with E-state index in [0.29, 0.717) is 26.1 Å². The molecule has 1 aliphatic rings. The zero-order valence-electron chi connectivity index (χ0n) is 19.1. The van der Waals surface area contributed by atoms with Gasteiger partial charge in [0.2, 0.25) is 11.8 Å². The summed E-state index contributed by atoms with van der Waals surface area (Å²) in [6.45, 7) is 10.9. The average Bonchev–Trinajstić information content (AvgIpc) is 2.70. The van der Waals surface area contributed by atoms with Crippen molar-refractivity contribution in [2.24, 2.45) is 5.92 Å². The number of aromatic nitrogens is 1. The summed E-state index contributed by atoms with van der Waals surface area (Å²) in [7, 11) is 0. The predicted octanol–water partition coefficient (Wildman–Crippen LogP) is 1.44. The number of nitrogens with zero attached hydrogens (tertiary/aromatic N) is 2. The molecule has 3 amide bonds. The van der Waals surface area contributed by atoms with E-state index >= 15 is 0 Å². The summed E-state index contributed by atoms with van der Waals surface area (Å²) in [6, 6.07) is 2.41. The lowest BCUT2D eigenvalue weighted by Crippen LogP contribution is -2.61. The fourth-order valence-electron chi connectivity index (χ4n) is 3.21. The largest absolute Gasteiger partial charge is 0.444 e. The molecule has 3 N–H and O–H groups in total. The highest BCUT2D eigenvalue weighted by Gasteiger charge is 2.32. The van der Waals surface area contributed by atoms with Crippen LogP contribution in [0.5, 0.6) is 0 Å². The highest BCUT2D eigenvalue weighted by Crippen LogP contribution is 2.12. The molecule has 172 valence electrons. The summed E-state index contributed by atoms with van der Waals surface area (Å²) in [5, 5.41) is 8.84. The molecule has 1 aromatic rings. The Morgan fingerprint density at radius 2 is 2.06 bits per heavy atom. The smallest absolute Gasteiger partial charge is 0.410 e. The molecule has 2 heterocycles. The monoisotopic (exact) mass is 433 g/mol. The third kappa shape index (κ3) is 8.53. The van der Waals surface area contributed by atoms with Crippen LogP contribution in [0, 0.1) is 5.92 Å². The van der Waals surface area contributed by atoms with E-state index in [-0.39, 0.29) is 24.3 Å². The van der Waals surface area contributed by atoms with E-state index in [2.05, 4.69) is 20.9 Å². The van der Waals surface area contributed by atoms with Crippen LogP contribution in [0.4, 0.5) is 4.79 Å². The van der Waals surface area contributed by atoms with Crippen LogP contribution < -0.4 is 16.0 Å². The molecule has 9 nitrogen and oxygen atoms in total. The van der Waals surface area contributed by atoms with Gasteiger partial charge in [-0.25, -0.2) is 4.79 Å². The minimum absolute atomic E-state index is 0.187. The van der Waals surface area contributed by atoms with Crippen molar-refractivity contribution in [3.63, 3.8) is 0 Å². The molecule has 2 atom stereocenters. The van der Waals surface area contributed by atoms with Crippen LogP contribution in [0.2, 0.25) is 0 Å². The van der Waals surface area contributed by atoms with Crippen LogP contribution in [-0.4, -0.2) is 65.1 Å². The van der Waals surface area contributed by atoms with Gasteiger partial charge < -0.3 is 25.6 Å². The van der Waals surface area contributed by atoms with Crippen molar-refractivity contribution in [2.75, 3.05) is 19.6 Å². The molecule has 1 fully saturated rings. The number of carbonyl (C=O) groups is 3. The van der Waals surface area contributed by atoms with E-state index in [0.717, 1.165) is 5.56 Å². The Balaban J connectivity index is 1.95. The van der Waals surface area contributed by atoms with E-state index in [1.54, 1.807) is 39.2 Å². The number of amides is 3. The van der Waals surface area contributed by atoms with Gasteiger partial charge in [0, 0.05) is 38.6 Å². The van der Waals surface area contributed by atoms with Crippen LogP contribution in [-0.2, 0) is 20.9 Å². The first-order chi connectivity index (χ1) is 14.5. The van der Waals surface area contributed by atoms with Crippen LogP contribution >= 0.6 is 0 Å². The minimum atomic E-state index is -0.664. The Morgan fingerprint density at radius 3 is 2.68 bits per heavy atom. The van der Waals surface area contributed by atoms with Gasteiger partial charge in [0.1, 0.15) is 17.7 Å². The Kier molecular flexibility index (Phi) is 8.79. The zero-order valence-corrected chi connectivity index (χ0v) is 19.1. The summed E-state index contributed by atoms with van der Waals surface area (Å²) in [5.41, 5.74) is 0.279. The maximum Gasteiger partial charge on any atom is 0.410 e. The van der Waals surface area contributed by atoms with Gasteiger partial charge in [-0.1, -0.05) is 19.9 Å². The number of hydrogen-bond donors (Lipinski definition) is 3. The van der Waals surface area contributed by atoms with Gasteiger partial charge in [-0.05, 0) is 44.7 Å². The highest BCUT2D eigenvalue weighted by atomic mass is 16.6. The lowest BCUT2D eigenvalue weighted by molar-refractivity contribution is -0.131. The van der Waals surface area contributed by atoms with E-state index in [1.165, 1.54) is 4.90 Å². The molecule has 0 radical (unpaired) electrons. The molecule has 0 aromatic carbocycles. The molecule has 0 unspecified atom stereocenters. The van der Waals surface area contributed by atoms with Gasteiger partial charge in [-0.3, -0.25) is 14.6 Å². The van der Waals surface area contributed by atoms with E-state index in [9.17, 15) is 14.4 Å². The number of nitrogens with one attached hydrogen (secondary N) is 3. The molecule has 0 spiro atoms. The fourth-order valence-corrected chi connectivity index (χ4v) is 3.21. The van der Waals surface area contributed by atoms with Crippen molar-refractivity contribution >= 4 is 17.9 Å². The predicted molar refractivity (Wildman–Crippen MR) is 117 cm³/mol. The zero-order chi connectivity index (χ0) is 23.0. The maximum atomic E-state index is 12.9. The molecule has 1 saturated heterocycles. The minimum Gasteiger partial charge on any atom is -0.444 e. The average molecular weight is 434 g/mol. The SMILES string of the molecule is CC(C)C[C@H](NC(=O)[C@@H]1CN(C(=O)OC(C)(C)C)CCN1)C(=O)NCc1cccnc1. The van der Waals surface area contributed by atoms with Crippen molar-refractivity contribution in [1.29, 1.82) is 0 Å². The second-order valence-electron chi connectivity index (χ2n) is 9.20. The molecule has 0 aliphatic carbocycles. The standard InChI is InChI=1S/C22H35N5O4/c1-15(2)11-17(19(28)25-13-16-7-6-8-23-12-16)26-20(29)18-14-27(10-9-24-18)21(30)31-22(3,4)5/h6-8,12,15,17-18,24H,9-11,13-14H2,1-5H3,(H,25,28)(H,26,29)/t17-,18-/m0/s1. The lowest BCUT2D eigenvalue weighted by Gasteiger charge is -2.34. The topological polar surface area (TPSA) is 113 Å². The van der Waals surface area contributed by atoms with Crippen molar-refractivity contribution in [2.45, 2.75) is 65.3 Å². The third-order valence-corrected chi connectivity index (χ3v) is 4.67. The van der Waals surface area contributed by atoms with Crippen LogP contribution in [0.25, 0.3) is 0 Å². The van der Waals surface area contributed by atoms with E-state index in [1.807, 2.05) is 19.9 Å². The van der Waals surface area contributed by atoms with Gasteiger partial charge in [-0.2, -0.15) is 0 Å². The summed E-state index contributed by atoms with van der Waals surface area (Å²) in [6.07, 6.45) is 3.42. The molecular formula is C22H35N5O4. The summed E-state index contributed by atoms with van der Waals surface area (Å²) in [4.78, 5) is 43.5. The normalized spacial score (nSPS) is 17.7. The van der Waals surface area contributed by atoms with Gasteiger partial charge in [-0.15, -0.1) is 0 Å². The number of rotatable bonds is 7. The molecule has 1 aliphatic heterocycles. The second kappa shape index (κ2) is 11.1. The number of piperazine rings is 1. The molecule has 0 saturated carbocycles. The van der Waals surface area contributed by atoms with Crippen molar-refractivity contribution in [3.05, 3.63) is 30.1 Å². The maximum absolute atomic E-state index is 12.9. The van der Waals surface area contributed by atoms with E-state index < -0.39 is 23.8 Å². The summed E-state index contributed by atoms with van der Waals surface area (Å²) < 4.78 is 5.41. The van der Waals surface area contributed by atoms with Gasteiger partial charge >= 0.3 is 6.09 Å². The Bertz CT molecular complexity index is 748. The second-order valence-corrected chi connectivity index (χ2v) is 9.20. The van der Waals surface area contributed by atoms with Crippen LogP contribution in [0.3, 0.4) is 0 Å². The van der Waals surface area contributed by atoms with Crippen LogP contribution in [0.1, 0.15) is 46.6 Å². The molecule has 1 aromatic heterocycles. The first-order valence-electron chi connectivity index (χ1n) is 10.7. The van der Waals surface area contributed by atoms with Crippen molar-refractivity contribution in [3.8, 4) is 0 Å². The number of ether oxygens (including phenoxy) is 1. The van der Waals surface area contributed by atoms with Crippen molar-refractivity contribution in [1.82, 2.24) is 25.8 Å². The van der Waals surface area contributed by atoms with Crippen molar-refractivity contribution < 1.29 is 19.1 Å². The first kappa shape index (κ1) is 24.6. The molecule has 9 heteroatoms. The summed E-state index contributed by atoms with van der Waals surface area (Å²) >= 11 is 0. The Morgan fingerprint density at radius 1 is 1.32 bits per heavy atom. The number of pyridine rings is 1.